The number of carbonyl (C=O) groups is 1. The van der Waals surface area contributed by atoms with E-state index < -0.39 is 0 Å². The van der Waals surface area contributed by atoms with Crippen LogP contribution in [0.2, 0.25) is 0 Å². The van der Waals surface area contributed by atoms with Gasteiger partial charge in [0.05, 0.1) is 11.0 Å². The van der Waals surface area contributed by atoms with Crippen LogP contribution in [-0.2, 0) is 13.0 Å². The molecule has 0 radical (unpaired) electrons. The molecule has 0 N–H and O–H groups in total. The Morgan fingerprint density at radius 1 is 1.10 bits per heavy atom. The number of benzene rings is 2. The van der Waals surface area contributed by atoms with Gasteiger partial charge in [-0.3, -0.25) is 9.69 Å². The maximum absolute atomic E-state index is 11.8. The predicted octanol–water partition coefficient (Wildman–Crippen LogP) is 4.13. The number of imidazole rings is 1. The first-order valence-corrected chi connectivity index (χ1v) is 11.3. The lowest BCUT2D eigenvalue weighted by molar-refractivity contribution is 0.112. The van der Waals surface area contributed by atoms with Crippen molar-refractivity contribution in [3.8, 4) is 0 Å². The highest BCUT2D eigenvalue weighted by molar-refractivity contribution is 5.85. The predicted molar refractivity (Wildman–Crippen MR) is 121 cm³/mol. The van der Waals surface area contributed by atoms with E-state index in [9.17, 15) is 4.79 Å². The van der Waals surface area contributed by atoms with Crippen LogP contribution in [0.25, 0.3) is 11.0 Å². The Morgan fingerprint density at radius 3 is 2.73 bits per heavy atom. The molecule has 2 aromatic carbocycles. The highest BCUT2D eigenvalue weighted by Crippen LogP contribution is 2.29. The topological polar surface area (TPSA) is 41.4 Å². The highest BCUT2D eigenvalue weighted by atomic mass is 16.1. The fraction of sp³-hybridized carbons (Fsp3) is 0.440. The molecule has 5 rings (SSSR count). The summed E-state index contributed by atoms with van der Waals surface area (Å²) in [5.74, 6) is 1.08. The average Bonchev–Trinajstić information content (AvgIpc) is 3.52. The second-order valence-corrected chi connectivity index (χ2v) is 8.58. The van der Waals surface area contributed by atoms with Gasteiger partial charge in [0.15, 0.2) is 6.29 Å². The van der Waals surface area contributed by atoms with E-state index in [1.807, 2.05) is 12.1 Å². The number of nitrogens with zero attached hydrogens (tertiary/aromatic N) is 4. The van der Waals surface area contributed by atoms with Crippen LogP contribution in [0.1, 0.15) is 47.9 Å². The number of hydrogen-bond acceptors (Lipinski definition) is 4. The van der Waals surface area contributed by atoms with E-state index in [2.05, 4.69) is 51.6 Å². The molecule has 0 spiro atoms. The minimum absolute atomic E-state index is 0.625. The zero-order chi connectivity index (χ0) is 20.5. The first-order valence-electron chi connectivity index (χ1n) is 11.3. The minimum Gasteiger partial charge on any atom is -0.369 e. The number of rotatable bonds is 6. The van der Waals surface area contributed by atoms with Crippen molar-refractivity contribution in [1.29, 1.82) is 0 Å². The number of aromatic nitrogens is 2. The molecule has 5 heteroatoms. The second-order valence-electron chi connectivity index (χ2n) is 8.58. The van der Waals surface area contributed by atoms with Crippen molar-refractivity contribution >= 4 is 23.0 Å². The molecular formula is C25H30N4O. The largest absolute Gasteiger partial charge is 0.369 e. The van der Waals surface area contributed by atoms with Gasteiger partial charge >= 0.3 is 0 Å². The van der Waals surface area contributed by atoms with Crippen molar-refractivity contribution in [2.24, 2.45) is 0 Å². The molecule has 0 bridgehead atoms. The standard InChI is InChI=1S/C25H30N4O/c1-2-29-23-8-4-3-7-22(23)26-25(29)16-19-9-10-20(18-30)24(15-19)28-14-11-21(17-28)27-12-5-6-13-27/h3-4,7-10,15,18,21H,2,5-6,11-14,16-17H2,1H3. The van der Waals surface area contributed by atoms with Crippen LogP contribution in [0, 0.1) is 0 Å². The number of fused-ring (bicyclic) bond motifs is 1. The molecule has 2 aliphatic heterocycles. The number of carbonyl (C=O) groups excluding carboxylic acids is 1. The molecule has 0 amide bonds. The van der Waals surface area contributed by atoms with Gasteiger partial charge in [-0.05, 0) is 69.1 Å². The SMILES string of the molecule is CCn1c(Cc2ccc(C=O)c(N3CCC(N4CCCC4)C3)c2)nc2ccccc21. The zero-order valence-electron chi connectivity index (χ0n) is 17.8. The van der Waals surface area contributed by atoms with E-state index >= 15 is 0 Å². The number of aldehydes is 1. The van der Waals surface area contributed by atoms with Gasteiger partial charge in [0.1, 0.15) is 5.82 Å². The van der Waals surface area contributed by atoms with E-state index in [4.69, 9.17) is 4.98 Å². The summed E-state index contributed by atoms with van der Waals surface area (Å²) in [6.45, 7) is 7.58. The summed E-state index contributed by atoms with van der Waals surface area (Å²) >= 11 is 0. The van der Waals surface area contributed by atoms with Crippen molar-refractivity contribution in [2.45, 2.75) is 45.2 Å². The van der Waals surface area contributed by atoms with Crippen molar-refractivity contribution in [1.82, 2.24) is 14.5 Å². The lowest BCUT2D eigenvalue weighted by Crippen LogP contribution is -2.35. The lowest BCUT2D eigenvalue weighted by Gasteiger charge is -2.25. The molecule has 3 aromatic rings. The van der Waals surface area contributed by atoms with Gasteiger partial charge in [-0.25, -0.2) is 4.98 Å². The summed E-state index contributed by atoms with van der Waals surface area (Å²) in [6.07, 6.45) is 5.61. The van der Waals surface area contributed by atoms with E-state index in [0.717, 1.165) is 54.9 Å². The first-order chi connectivity index (χ1) is 14.8. The van der Waals surface area contributed by atoms with Gasteiger partial charge < -0.3 is 9.47 Å². The van der Waals surface area contributed by atoms with Crippen LogP contribution in [0.15, 0.2) is 42.5 Å². The molecule has 156 valence electrons. The van der Waals surface area contributed by atoms with E-state index in [1.54, 1.807) is 0 Å². The van der Waals surface area contributed by atoms with Crippen LogP contribution in [0.4, 0.5) is 5.69 Å². The monoisotopic (exact) mass is 402 g/mol. The molecule has 2 fully saturated rings. The molecule has 0 aliphatic carbocycles. The van der Waals surface area contributed by atoms with Crippen molar-refractivity contribution < 1.29 is 4.79 Å². The Labute approximate surface area is 178 Å². The van der Waals surface area contributed by atoms with Crippen LogP contribution in [0.5, 0.6) is 0 Å². The van der Waals surface area contributed by atoms with E-state index in [1.165, 1.54) is 43.4 Å². The Morgan fingerprint density at radius 2 is 1.93 bits per heavy atom. The number of hydrogen-bond donors (Lipinski definition) is 0. The number of para-hydroxylation sites is 2. The third kappa shape index (κ3) is 3.52. The third-order valence-corrected chi connectivity index (χ3v) is 6.80. The van der Waals surface area contributed by atoms with Crippen LogP contribution in [-0.4, -0.2) is 53.0 Å². The Balaban J connectivity index is 1.42. The average molecular weight is 403 g/mol. The molecule has 1 unspecified atom stereocenters. The van der Waals surface area contributed by atoms with Crippen LogP contribution < -0.4 is 4.90 Å². The molecule has 1 atom stereocenters. The molecule has 30 heavy (non-hydrogen) atoms. The van der Waals surface area contributed by atoms with Crippen LogP contribution >= 0.6 is 0 Å². The zero-order valence-corrected chi connectivity index (χ0v) is 17.8. The van der Waals surface area contributed by atoms with E-state index in [0.29, 0.717) is 6.04 Å². The maximum Gasteiger partial charge on any atom is 0.152 e. The molecule has 1 aromatic heterocycles. The molecule has 2 saturated heterocycles. The number of likely N-dealkylation sites (tertiary alicyclic amines) is 1. The van der Waals surface area contributed by atoms with Crippen molar-refractivity contribution in [2.75, 3.05) is 31.1 Å². The fourth-order valence-corrected chi connectivity index (χ4v) is 5.23. The third-order valence-electron chi connectivity index (χ3n) is 6.80. The Kier molecular flexibility index (Phi) is 5.30. The van der Waals surface area contributed by atoms with Crippen molar-refractivity contribution in [3.05, 3.63) is 59.4 Å². The molecule has 0 saturated carbocycles. The van der Waals surface area contributed by atoms with Crippen LogP contribution in [0.3, 0.4) is 0 Å². The summed E-state index contributed by atoms with van der Waals surface area (Å²) in [7, 11) is 0. The van der Waals surface area contributed by atoms with Gasteiger partial charge in [0.2, 0.25) is 0 Å². The van der Waals surface area contributed by atoms with Gasteiger partial charge in [0.25, 0.3) is 0 Å². The van der Waals surface area contributed by atoms with Gasteiger partial charge in [-0.2, -0.15) is 0 Å². The minimum atomic E-state index is 0.625. The van der Waals surface area contributed by atoms with Gasteiger partial charge in [-0.1, -0.05) is 18.2 Å². The highest BCUT2D eigenvalue weighted by Gasteiger charge is 2.30. The summed E-state index contributed by atoms with van der Waals surface area (Å²) in [5, 5.41) is 0. The maximum atomic E-state index is 11.8. The quantitative estimate of drug-likeness (QED) is 0.581. The van der Waals surface area contributed by atoms with E-state index in [-0.39, 0.29) is 0 Å². The Bertz CT molecular complexity index is 1050. The first kappa shape index (κ1) is 19.3. The normalized spacial score (nSPS) is 19.8. The molecular weight excluding hydrogens is 372 g/mol. The van der Waals surface area contributed by atoms with Gasteiger partial charge in [0, 0.05) is 43.3 Å². The smallest absolute Gasteiger partial charge is 0.152 e. The summed E-state index contributed by atoms with van der Waals surface area (Å²) in [5.41, 5.74) is 5.33. The van der Waals surface area contributed by atoms with Gasteiger partial charge in [-0.15, -0.1) is 0 Å². The molecule has 5 nitrogen and oxygen atoms in total. The number of anilines is 1. The number of aryl methyl sites for hydroxylation is 1. The summed E-state index contributed by atoms with van der Waals surface area (Å²) < 4.78 is 2.29. The molecule has 3 heterocycles. The Hall–Kier alpha value is -2.66. The van der Waals surface area contributed by atoms with Crippen molar-refractivity contribution in [3.63, 3.8) is 0 Å². The fourth-order valence-electron chi connectivity index (χ4n) is 5.23. The second kappa shape index (κ2) is 8.23. The summed E-state index contributed by atoms with van der Waals surface area (Å²) in [6, 6.07) is 15.2. The lowest BCUT2D eigenvalue weighted by atomic mass is 10.1. The summed E-state index contributed by atoms with van der Waals surface area (Å²) in [4.78, 5) is 21.7. The molecule has 2 aliphatic rings.